The van der Waals surface area contributed by atoms with Crippen molar-refractivity contribution < 1.29 is 4.42 Å². The van der Waals surface area contributed by atoms with E-state index < -0.39 is 0 Å². The van der Waals surface area contributed by atoms with Gasteiger partial charge in [0, 0.05) is 30.6 Å². The molecule has 3 heterocycles. The maximum absolute atomic E-state index is 5.98. The molecule has 0 aliphatic carbocycles. The molecule has 1 unspecified atom stereocenters. The van der Waals surface area contributed by atoms with E-state index in [2.05, 4.69) is 29.1 Å². The van der Waals surface area contributed by atoms with Gasteiger partial charge in [-0.2, -0.15) is 5.10 Å². The van der Waals surface area contributed by atoms with Gasteiger partial charge in [0.15, 0.2) is 0 Å². The van der Waals surface area contributed by atoms with Crippen molar-refractivity contribution in [2.75, 3.05) is 13.1 Å². The maximum Gasteiger partial charge on any atom is 0.134 e. The van der Waals surface area contributed by atoms with Crippen molar-refractivity contribution in [1.82, 2.24) is 14.7 Å². The lowest BCUT2D eigenvalue weighted by molar-refractivity contribution is 0.266. The molecule has 0 saturated carbocycles. The largest absolute Gasteiger partial charge is 0.461 e. The molecule has 0 N–H and O–H groups in total. The summed E-state index contributed by atoms with van der Waals surface area (Å²) in [5.74, 6) is 1.05. The van der Waals surface area contributed by atoms with Gasteiger partial charge >= 0.3 is 0 Å². The van der Waals surface area contributed by atoms with Crippen molar-refractivity contribution >= 4 is 22.6 Å². The van der Waals surface area contributed by atoms with Crippen molar-refractivity contribution in [3.05, 3.63) is 47.4 Å². The number of halogens is 1. The van der Waals surface area contributed by atoms with E-state index in [9.17, 15) is 0 Å². The number of fused-ring (bicyclic) bond motifs is 1. The van der Waals surface area contributed by atoms with E-state index in [-0.39, 0.29) is 0 Å². The fourth-order valence-corrected chi connectivity index (χ4v) is 3.51. The van der Waals surface area contributed by atoms with Crippen molar-refractivity contribution in [1.29, 1.82) is 0 Å². The zero-order valence-electron chi connectivity index (χ0n) is 13.2. The van der Waals surface area contributed by atoms with Crippen LogP contribution in [-0.4, -0.2) is 33.8 Å². The van der Waals surface area contributed by atoms with Crippen LogP contribution < -0.4 is 0 Å². The summed E-state index contributed by atoms with van der Waals surface area (Å²) in [6.45, 7) is 4.60. The van der Waals surface area contributed by atoms with Gasteiger partial charge in [-0.3, -0.25) is 0 Å². The highest BCUT2D eigenvalue weighted by molar-refractivity contribution is 6.30. The van der Waals surface area contributed by atoms with Crippen LogP contribution >= 0.6 is 11.6 Å². The fourth-order valence-electron chi connectivity index (χ4n) is 3.37. The van der Waals surface area contributed by atoms with Gasteiger partial charge in [0.2, 0.25) is 0 Å². The second-order valence-corrected chi connectivity index (χ2v) is 6.75. The Morgan fingerprint density at radius 1 is 1.35 bits per heavy atom. The number of furan rings is 1. The molecule has 4 nitrogen and oxygen atoms in total. The number of rotatable bonds is 4. The zero-order chi connectivity index (χ0) is 15.8. The molecule has 120 valence electrons. The molecule has 0 radical (unpaired) electrons. The fraction of sp³-hybridized carbons (Fsp3) is 0.389. The summed E-state index contributed by atoms with van der Waals surface area (Å²) in [7, 11) is 0. The highest BCUT2D eigenvalue weighted by Crippen LogP contribution is 2.24. The SMILES string of the molecule is CC1CCCN1CCc1cc2cc(-n3cc(Cl)cn3)ccc2o1. The first-order chi connectivity index (χ1) is 11.2. The number of benzene rings is 1. The Kier molecular flexibility index (Phi) is 3.87. The van der Waals surface area contributed by atoms with E-state index in [1.54, 1.807) is 17.1 Å². The van der Waals surface area contributed by atoms with E-state index in [0.717, 1.165) is 35.4 Å². The normalized spacial score (nSPS) is 19.0. The van der Waals surface area contributed by atoms with Crippen LogP contribution in [-0.2, 0) is 6.42 Å². The van der Waals surface area contributed by atoms with Crippen LogP contribution in [0.4, 0.5) is 0 Å². The molecule has 1 saturated heterocycles. The summed E-state index contributed by atoms with van der Waals surface area (Å²) in [5.41, 5.74) is 1.92. The first kappa shape index (κ1) is 14.8. The number of nitrogens with zero attached hydrogens (tertiary/aromatic N) is 3. The molecule has 3 aromatic rings. The van der Waals surface area contributed by atoms with Crippen molar-refractivity contribution in [2.45, 2.75) is 32.2 Å². The van der Waals surface area contributed by atoms with Crippen LogP contribution in [0.25, 0.3) is 16.7 Å². The number of aromatic nitrogens is 2. The molecule has 4 rings (SSSR count). The predicted molar refractivity (Wildman–Crippen MR) is 92.3 cm³/mol. The topological polar surface area (TPSA) is 34.2 Å². The second kappa shape index (κ2) is 6.02. The molecule has 1 fully saturated rings. The molecule has 0 bridgehead atoms. The van der Waals surface area contributed by atoms with E-state index in [4.69, 9.17) is 16.0 Å². The molecule has 1 atom stereocenters. The summed E-state index contributed by atoms with van der Waals surface area (Å²) < 4.78 is 7.75. The van der Waals surface area contributed by atoms with Gasteiger partial charge in [0.05, 0.1) is 16.9 Å². The summed E-state index contributed by atoms with van der Waals surface area (Å²) in [6, 6.07) is 8.94. The second-order valence-electron chi connectivity index (χ2n) is 6.32. The lowest BCUT2D eigenvalue weighted by Gasteiger charge is -2.19. The molecular formula is C18H20ClN3O. The van der Waals surface area contributed by atoms with Gasteiger partial charge < -0.3 is 9.32 Å². The number of hydrogen-bond acceptors (Lipinski definition) is 3. The minimum atomic E-state index is 0.637. The minimum Gasteiger partial charge on any atom is -0.461 e. The van der Waals surface area contributed by atoms with Crippen molar-refractivity contribution in [2.24, 2.45) is 0 Å². The monoisotopic (exact) mass is 329 g/mol. The number of likely N-dealkylation sites (tertiary alicyclic amines) is 1. The third kappa shape index (κ3) is 3.01. The van der Waals surface area contributed by atoms with Crippen LogP contribution in [0, 0.1) is 0 Å². The Balaban J connectivity index is 1.53. The molecule has 2 aromatic heterocycles. The Hall–Kier alpha value is -1.78. The molecule has 1 aliphatic heterocycles. The standard InChI is InChI=1S/C18H20ClN3O/c1-13-3-2-7-21(13)8-6-17-10-14-9-16(4-5-18(14)23-17)22-12-15(19)11-20-22/h4-5,9-13H,2-3,6-8H2,1H3. The van der Waals surface area contributed by atoms with Crippen LogP contribution in [0.1, 0.15) is 25.5 Å². The summed E-state index contributed by atoms with van der Waals surface area (Å²) in [5, 5.41) is 5.99. The summed E-state index contributed by atoms with van der Waals surface area (Å²) in [6.07, 6.45) is 7.04. The highest BCUT2D eigenvalue weighted by Gasteiger charge is 2.20. The number of hydrogen-bond donors (Lipinski definition) is 0. The van der Waals surface area contributed by atoms with Gasteiger partial charge in [0.1, 0.15) is 11.3 Å². The smallest absolute Gasteiger partial charge is 0.134 e. The quantitative estimate of drug-likeness (QED) is 0.715. The Bertz CT molecular complexity index is 823. The molecule has 23 heavy (non-hydrogen) atoms. The van der Waals surface area contributed by atoms with E-state index in [1.165, 1.54) is 19.4 Å². The third-order valence-electron chi connectivity index (χ3n) is 4.70. The van der Waals surface area contributed by atoms with Crippen LogP contribution in [0.5, 0.6) is 0 Å². The molecule has 0 spiro atoms. The molecule has 1 aromatic carbocycles. The minimum absolute atomic E-state index is 0.637. The Labute approximate surface area is 140 Å². The zero-order valence-corrected chi connectivity index (χ0v) is 14.0. The van der Waals surface area contributed by atoms with Crippen molar-refractivity contribution in [3.8, 4) is 5.69 Å². The average Bonchev–Trinajstić information content (AvgIpc) is 3.24. The van der Waals surface area contributed by atoms with Crippen LogP contribution in [0.2, 0.25) is 5.02 Å². The molecular weight excluding hydrogens is 310 g/mol. The van der Waals surface area contributed by atoms with Crippen LogP contribution in [0.15, 0.2) is 41.1 Å². The van der Waals surface area contributed by atoms with E-state index in [1.807, 2.05) is 12.1 Å². The van der Waals surface area contributed by atoms with E-state index in [0.29, 0.717) is 11.1 Å². The summed E-state index contributed by atoms with van der Waals surface area (Å²) >= 11 is 5.94. The van der Waals surface area contributed by atoms with Gasteiger partial charge in [-0.1, -0.05) is 11.6 Å². The lowest BCUT2D eigenvalue weighted by Crippen LogP contribution is -2.28. The lowest BCUT2D eigenvalue weighted by atomic mass is 10.2. The summed E-state index contributed by atoms with van der Waals surface area (Å²) in [4.78, 5) is 2.55. The van der Waals surface area contributed by atoms with Gasteiger partial charge in [0.25, 0.3) is 0 Å². The molecule has 0 amide bonds. The van der Waals surface area contributed by atoms with Gasteiger partial charge in [-0.25, -0.2) is 4.68 Å². The highest BCUT2D eigenvalue weighted by atomic mass is 35.5. The molecule has 1 aliphatic rings. The average molecular weight is 330 g/mol. The maximum atomic E-state index is 5.98. The van der Waals surface area contributed by atoms with Crippen molar-refractivity contribution in [3.63, 3.8) is 0 Å². The molecule has 5 heteroatoms. The van der Waals surface area contributed by atoms with E-state index >= 15 is 0 Å². The van der Waals surface area contributed by atoms with Gasteiger partial charge in [-0.15, -0.1) is 0 Å². The predicted octanol–water partition coefficient (Wildman–Crippen LogP) is 4.30. The van der Waals surface area contributed by atoms with Gasteiger partial charge in [-0.05, 0) is 50.6 Å². The first-order valence-electron chi connectivity index (χ1n) is 8.16. The van der Waals surface area contributed by atoms with Crippen LogP contribution in [0.3, 0.4) is 0 Å². The first-order valence-corrected chi connectivity index (χ1v) is 8.54. The third-order valence-corrected chi connectivity index (χ3v) is 4.90. The Morgan fingerprint density at radius 3 is 3.00 bits per heavy atom. The Morgan fingerprint density at radius 2 is 2.26 bits per heavy atom.